The number of hydrogen-bond acceptors (Lipinski definition) is 5. The Labute approximate surface area is 149 Å². The van der Waals surface area contributed by atoms with Crippen LogP contribution in [0.3, 0.4) is 0 Å². The highest BCUT2D eigenvalue weighted by Crippen LogP contribution is 2.27. The normalized spacial score (nSPS) is 10.7. The van der Waals surface area contributed by atoms with Crippen molar-refractivity contribution < 1.29 is 13.7 Å². The molecule has 0 fully saturated rings. The summed E-state index contributed by atoms with van der Waals surface area (Å²) in [4.78, 5) is 16.8. The van der Waals surface area contributed by atoms with Crippen LogP contribution in [0.15, 0.2) is 76.1 Å². The highest BCUT2D eigenvalue weighted by molar-refractivity contribution is 6.08. The average molecular weight is 345 g/mol. The van der Waals surface area contributed by atoms with Crippen LogP contribution in [-0.4, -0.2) is 16.0 Å². The standard InChI is InChI=1S/C20H15N3O3/c1-13-18(19(23-26-13)14-6-3-2-4-7-14)20(24)22-16-9-5-8-15(10-16)17-11-21-12-25-17/h2-12H,1H3,(H,22,24). The predicted molar refractivity (Wildman–Crippen MR) is 96.6 cm³/mol. The van der Waals surface area contributed by atoms with Crippen molar-refractivity contribution in [3.8, 4) is 22.6 Å². The van der Waals surface area contributed by atoms with Crippen LogP contribution in [0.1, 0.15) is 16.1 Å². The Kier molecular flexibility index (Phi) is 4.07. The number of nitrogens with one attached hydrogen (secondary N) is 1. The highest BCUT2D eigenvalue weighted by atomic mass is 16.5. The van der Waals surface area contributed by atoms with Crippen LogP contribution in [0, 0.1) is 6.92 Å². The minimum Gasteiger partial charge on any atom is -0.444 e. The van der Waals surface area contributed by atoms with Gasteiger partial charge in [-0.25, -0.2) is 4.98 Å². The first-order valence-corrected chi connectivity index (χ1v) is 8.04. The maximum absolute atomic E-state index is 12.8. The molecule has 2 aromatic heterocycles. The van der Waals surface area contributed by atoms with E-state index < -0.39 is 0 Å². The molecule has 1 amide bonds. The molecule has 0 bridgehead atoms. The molecule has 0 aliphatic carbocycles. The molecule has 0 atom stereocenters. The lowest BCUT2D eigenvalue weighted by Gasteiger charge is -2.07. The van der Waals surface area contributed by atoms with Crippen molar-refractivity contribution in [3.63, 3.8) is 0 Å². The van der Waals surface area contributed by atoms with Gasteiger partial charge in [-0.15, -0.1) is 0 Å². The van der Waals surface area contributed by atoms with Crippen molar-refractivity contribution in [1.82, 2.24) is 10.1 Å². The Morgan fingerprint density at radius 1 is 1.04 bits per heavy atom. The van der Waals surface area contributed by atoms with E-state index in [9.17, 15) is 4.79 Å². The molecule has 1 N–H and O–H groups in total. The zero-order valence-electron chi connectivity index (χ0n) is 14.0. The van der Waals surface area contributed by atoms with E-state index in [1.54, 1.807) is 13.1 Å². The molecule has 0 aliphatic heterocycles. The number of aryl methyl sites for hydroxylation is 1. The van der Waals surface area contributed by atoms with Gasteiger partial charge in [0, 0.05) is 16.8 Å². The van der Waals surface area contributed by atoms with Crippen LogP contribution in [0.25, 0.3) is 22.6 Å². The molecule has 26 heavy (non-hydrogen) atoms. The summed E-state index contributed by atoms with van der Waals surface area (Å²) in [5, 5.41) is 6.94. The quantitative estimate of drug-likeness (QED) is 0.586. The van der Waals surface area contributed by atoms with E-state index in [4.69, 9.17) is 8.94 Å². The Hall–Kier alpha value is -3.67. The maximum Gasteiger partial charge on any atom is 0.261 e. The summed E-state index contributed by atoms with van der Waals surface area (Å²) in [7, 11) is 0. The monoisotopic (exact) mass is 345 g/mol. The largest absolute Gasteiger partial charge is 0.444 e. The number of carbonyl (C=O) groups excluding carboxylic acids is 1. The van der Waals surface area contributed by atoms with Gasteiger partial charge in [0.1, 0.15) is 17.0 Å². The predicted octanol–water partition coefficient (Wildman–Crippen LogP) is 4.56. The molecule has 2 aromatic carbocycles. The van der Waals surface area contributed by atoms with E-state index in [0.717, 1.165) is 11.1 Å². The maximum atomic E-state index is 12.8. The van der Waals surface area contributed by atoms with Gasteiger partial charge < -0.3 is 14.3 Å². The van der Waals surface area contributed by atoms with Gasteiger partial charge in [-0.05, 0) is 19.1 Å². The lowest BCUT2D eigenvalue weighted by atomic mass is 10.1. The highest BCUT2D eigenvalue weighted by Gasteiger charge is 2.21. The van der Waals surface area contributed by atoms with E-state index in [1.165, 1.54) is 6.39 Å². The van der Waals surface area contributed by atoms with Crippen LogP contribution in [0.4, 0.5) is 5.69 Å². The molecule has 6 heteroatoms. The van der Waals surface area contributed by atoms with E-state index in [1.807, 2.05) is 54.6 Å². The van der Waals surface area contributed by atoms with E-state index in [0.29, 0.717) is 28.5 Å². The van der Waals surface area contributed by atoms with Crippen molar-refractivity contribution in [3.05, 3.63) is 78.5 Å². The number of amides is 1. The van der Waals surface area contributed by atoms with Crippen molar-refractivity contribution in [2.24, 2.45) is 0 Å². The number of hydrogen-bond donors (Lipinski definition) is 1. The van der Waals surface area contributed by atoms with Crippen LogP contribution < -0.4 is 5.32 Å². The summed E-state index contributed by atoms with van der Waals surface area (Å²) in [6.45, 7) is 1.72. The SMILES string of the molecule is Cc1onc(-c2ccccc2)c1C(=O)Nc1cccc(-c2cnco2)c1. The van der Waals surface area contributed by atoms with Gasteiger partial charge in [-0.1, -0.05) is 47.6 Å². The smallest absolute Gasteiger partial charge is 0.261 e. The fraction of sp³-hybridized carbons (Fsp3) is 0.0500. The first-order valence-electron chi connectivity index (χ1n) is 8.04. The third-order valence-electron chi connectivity index (χ3n) is 3.97. The third-order valence-corrected chi connectivity index (χ3v) is 3.97. The molecule has 2 heterocycles. The van der Waals surface area contributed by atoms with Crippen LogP contribution in [0.2, 0.25) is 0 Å². The molecular weight excluding hydrogens is 330 g/mol. The van der Waals surface area contributed by atoms with Gasteiger partial charge >= 0.3 is 0 Å². The van der Waals surface area contributed by atoms with Gasteiger partial charge in [0.25, 0.3) is 5.91 Å². The molecule has 0 saturated carbocycles. The number of rotatable bonds is 4. The topological polar surface area (TPSA) is 81.2 Å². The molecular formula is C20H15N3O3. The fourth-order valence-electron chi connectivity index (χ4n) is 2.73. The van der Waals surface area contributed by atoms with Gasteiger partial charge in [-0.2, -0.15) is 0 Å². The van der Waals surface area contributed by atoms with Crippen LogP contribution in [-0.2, 0) is 0 Å². The van der Waals surface area contributed by atoms with Gasteiger partial charge in [0.2, 0.25) is 0 Å². The second-order valence-corrected chi connectivity index (χ2v) is 5.73. The van der Waals surface area contributed by atoms with Crippen molar-refractivity contribution in [2.75, 3.05) is 5.32 Å². The fourth-order valence-corrected chi connectivity index (χ4v) is 2.73. The zero-order valence-corrected chi connectivity index (χ0v) is 14.0. The summed E-state index contributed by atoms with van der Waals surface area (Å²) < 4.78 is 10.6. The number of oxazole rings is 1. The first kappa shape index (κ1) is 15.8. The summed E-state index contributed by atoms with van der Waals surface area (Å²) in [5.41, 5.74) is 3.23. The lowest BCUT2D eigenvalue weighted by molar-refractivity contribution is 0.102. The average Bonchev–Trinajstić information content (AvgIpc) is 3.32. The van der Waals surface area contributed by atoms with Crippen LogP contribution >= 0.6 is 0 Å². The van der Waals surface area contributed by atoms with E-state index >= 15 is 0 Å². The van der Waals surface area contributed by atoms with Gasteiger partial charge in [0.05, 0.1) is 6.20 Å². The van der Waals surface area contributed by atoms with Crippen LogP contribution in [0.5, 0.6) is 0 Å². The Balaban J connectivity index is 1.64. The van der Waals surface area contributed by atoms with Gasteiger partial charge in [-0.3, -0.25) is 4.79 Å². The second kappa shape index (κ2) is 6.68. The molecule has 6 nitrogen and oxygen atoms in total. The number of carbonyl (C=O) groups is 1. The molecule has 0 radical (unpaired) electrons. The molecule has 0 saturated heterocycles. The lowest BCUT2D eigenvalue weighted by Crippen LogP contribution is -2.13. The minimum absolute atomic E-state index is 0.280. The van der Waals surface area contributed by atoms with E-state index in [-0.39, 0.29) is 5.91 Å². The molecule has 4 rings (SSSR count). The number of nitrogens with zero attached hydrogens (tertiary/aromatic N) is 2. The molecule has 0 unspecified atom stereocenters. The van der Waals surface area contributed by atoms with Gasteiger partial charge in [0.15, 0.2) is 12.2 Å². The summed E-state index contributed by atoms with van der Waals surface area (Å²) in [6, 6.07) is 16.8. The van der Waals surface area contributed by atoms with E-state index in [2.05, 4.69) is 15.5 Å². The van der Waals surface area contributed by atoms with Crippen molar-refractivity contribution >= 4 is 11.6 Å². The molecule has 0 aliphatic rings. The first-order chi connectivity index (χ1) is 12.7. The number of anilines is 1. The molecule has 4 aromatic rings. The number of aromatic nitrogens is 2. The zero-order chi connectivity index (χ0) is 17.9. The van der Waals surface area contributed by atoms with Crippen molar-refractivity contribution in [1.29, 1.82) is 0 Å². The second-order valence-electron chi connectivity index (χ2n) is 5.73. The Bertz CT molecular complexity index is 1040. The van der Waals surface area contributed by atoms with Crippen molar-refractivity contribution in [2.45, 2.75) is 6.92 Å². The third kappa shape index (κ3) is 3.00. The molecule has 128 valence electrons. The Morgan fingerprint density at radius 2 is 1.85 bits per heavy atom. The summed E-state index contributed by atoms with van der Waals surface area (Å²) in [5.74, 6) is 0.817. The molecule has 0 spiro atoms. The number of benzene rings is 2. The Morgan fingerprint density at radius 3 is 2.62 bits per heavy atom. The minimum atomic E-state index is -0.280. The summed E-state index contributed by atoms with van der Waals surface area (Å²) in [6.07, 6.45) is 2.99. The summed E-state index contributed by atoms with van der Waals surface area (Å²) >= 11 is 0.